The molecule has 0 saturated heterocycles. The van der Waals surface area contributed by atoms with Crippen LogP contribution in [0.4, 0.5) is 11.8 Å². The minimum absolute atomic E-state index is 0.173. The summed E-state index contributed by atoms with van der Waals surface area (Å²) in [4.78, 5) is 8.37. The monoisotopic (exact) mass is 284 g/mol. The van der Waals surface area contributed by atoms with Crippen LogP contribution in [0.1, 0.15) is 5.69 Å². The number of aromatic amines is 1. The van der Waals surface area contributed by atoms with E-state index in [4.69, 9.17) is 16.2 Å². The minimum atomic E-state index is 0.173. The molecule has 0 unspecified atom stereocenters. The number of nitrogens with two attached hydrogens (primary N) is 2. The van der Waals surface area contributed by atoms with E-state index >= 15 is 0 Å². The van der Waals surface area contributed by atoms with Gasteiger partial charge in [0.15, 0.2) is 0 Å². The van der Waals surface area contributed by atoms with Crippen LogP contribution in [0.3, 0.4) is 0 Å². The standard InChI is InChI=1S/C14H16N6O/c1-21-5-4-11-12(13(15)19-14(16)18-11)8-2-3-10-9(6-8)7-17-20-10/h2-3,6-7H,4-5H2,1H3,(H,17,20)(H4,15,16,18,19). The van der Waals surface area contributed by atoms with Gasteiger partial charge in [0, 0.05) is 24.5 Å². The highest BCUT2D eigenvalue weighted by Gasteiger charge is 2.14. The Hall–Kier alpha value is -2.67. The molecule has 108 valence electrons. The van der Waals surface area contributed by atoms with Gasteiger partial charge >= 0.3 is 0 Å². The lowest BCUT2D eigenvalue weighted by Gasteiger charge is -2.12. The maximum Gasteiger partial charge on any atom is 0.222 e. The Labute approximate surface area is 121 Å². The lowest BCUT2D eigenvalue weighted by atomic mass is 10.0. The van der Waals surface area contributed by atoms with Gasteiger partial charge in [-0.1, -0.05) is 6.07 Å². The number of aromatic nitrogens is 4. The van der Waals surface area contributed by atoms with Crippen molar-refractivity contribution in [2.75, 3.05) is 25.2 Å². The number of nitrogen functional groups attached to an aromatic ring is 2. The Kier molecular flexibility index (Phi) is 3.41. The van der Waals surface area contributed by atoms with Crippen molar-refractivity contribution in [3.63, 3.8) is 0 Å². The molecule has 2 aromatic heterocycles. The summed E-state index contributed by atoms with van der Waals surface area (Å²) >= 11 is 0. The third-order valence-electron chi connectivity index (χ3n) is 3.30. The highest BCUT2D eigenvalue weighted by molar-refractivity contribution is 5.87. The molecule has 0 atom stereocenters. The summed E-state index contributed by atoms with van der Waals surface area (Å²) in [6, 6.07) is 5.91. The molecular formula is C14H16N6O. The van der Waals surface area contributed by atoms with Crippen LogP contribution in [0, 0.1) is 0 Å². The van der Waals surface area contributed by atoms with Gasteiger partial charge in [-0.05, 0) is 17.7 Å². The van der Waals surface area contributed by atoms with Crippen LogP contribution in [0.2, 0.25) is 0 Å². The van der Waals surface area contributed by atoms with Gasteiger partial charge in [-0.3, -0.25) is 5.10 Å². The van der Waals surface area contributed by atoms with Crippen LogP contribution in [-0.4, -0.2) is 33.9 Å². The Morgan fingerprint density at radius 1 is 1.24 bits per heavy atom. The summed E-state index contributed by atoms with van der Waals surface area (Å²) in [7, 11) is 1.64. The van der Waals surface area contributed by atoms with E-state index in [1.54, 1.807) is 13.3 Å². The fourth-order valence-electron chi connectivity index (χ4n) is 2.34. The van der Waals surface area contributed by atoms with Gasteiger partial charge in [0.25, 0.3) is 0 Å². The van der Waals surface area contributed by atoms with Gasteiger partial charge < -0.3 is 16.2 Å². The van der Waals surface area contributed by atoms with Crippen LogP contribution < -0.4 is 11.5 Å². The molecule has 7 heteroatoms. The van der Waals surface area contributed by atoms with E-state index in [1.165, 1.54) is 0 Å². The number of benzene rings is 1. The van der Waals surface area contributed by atoms with Crippen molar-refractivity contribution in [2.45, 2.75) is 6.42 Å². The summed E-state index contributed by atoms with van der Waals surface area (Å²) in [5, 5.41) is 7.94. The third-order valence-corrected chi connectivity index (χ3v) is 3.30. The number of anilines is 2. The fraction of sp³-hybridized carbons (Fsp3) is 0.214. The number of nitrogens with zero attached hydrogens (tertiary/aromatic N) is 3. The van der Waals surface area contributed by atoms with E-state index in [0.29, 0.717) is 18.8 Å². The van der Waals surface area contributed by atoms with Gasteiger partial charge in [0.05, 0.1) is 24.0 Å². The first-order valence-electron chi connectivity index (χ1n) is 6.53. The van der Waals surface area contributed by atoms with Crippen molar-refractivity contribution in [1.29, 1.82) is 0 Å². The maximum absolute atomic E-state index is 6.05. The SMILES string of the molecule is COCCc1nc(N)nc(N)c1-c1ccc2[nH]ncc2c1. The highest BCUT2D eigenvalue weighted by atomic mass is 16.5. The number of hydrogen-bond donors (Lipinski definition) is 3. The van der Waals surface area contributed by atoms with E-state index < -0.39 is 0 Å². The van der Waals surface area contributed by atoms with Gasteiger partial charge in [0.1, 0.15) is 5.82 Å². The predicted octanol–water partition coefficient (Wildman–Crippen LogP) is 1.37. The largest absolute Gasteiger partial charge is 0.384 e. The van der Waals surface area contributed by atoms with Gasteiger partial charge in [-0.15, -0.1) is 0 Å². The van der Waals surface area contributed by atoms with Crippen LogP contribution in [0.25, 0.3) is 22.0 Å². The molecule has 5 N–H and O–H groups in total. The van der Waals surface area contributed by atoms with Gasteiger partial charge in [-0.2, -0.15) is 10.1 Å². The zero-order chi connectivity index (χ0) is 14.8. The van der Waals surface area contributed by atoms with Crippen molar-refractivity contribution >= 4 is 22.7 Å². The molecule has 0 amide bonds. The summed E-state index contributed by atoms with van der Waals surface area (Å²) in [5.41, 5.74) is 15.2. The molecule has 0 saturated carbocycles. The number of nitrogens with one attached hydrogen (secondary N) is 1. The average molecular weight is 284 g/mol. The number of ether oxygens (including phenoxy) is 1. The molecule has 0 aliphatic heterocycles. The quantitative estimate of drug-likeness (QED) is 0.666. The zero-order valence-corrected chi connectivity index (χ0v) is 11.6. The van der Waals surface area contributed by atoms with Crippen molar-refractivity contribution in [3.05, 3.63) is 30.1 Å². The minimum Gasteiger partial charge on any atom is -0.384 e. The van der Waals surface area contributed by atoms with Crippen molar-refractivity contribution < 1.29 is 4.74 Å². The predicted molar refractivity (Wildman–Crippen MR) is 81.5 cm³/mol. The Morgan fingerprint density at radius 2 is 2.10 bits per heavy atom. The van der Waals surface area contributed by atoms with E-state index in [2.05, 4.69) is 20.2 Å². The molecule has 0 spiro atoms. The molecule has 3 rings (SSSR count). The molecule has 0 aliphatic rings. The molecule has 21 heavy (non-hydrogen) atoms. The molecule has 0 aliphatic carbocycles. The molecule has 1 aromatic carbocycles. The molecule has 7 nitrogen and oxygen atoms in total. The highest BCUT2D eigenvalue weighted by Crippen LogP contribution is 2.30. The average Bonchev–Trinajstić information content (AvgIpc) is 2.91. The normalized spacial score (nSPS) is 11.1. The lowest BCUT2D eigenvalue weighted by molar-refractivity contribution is 0.201. The van der Waals surface area contributed by atoms with Gasteiger partial charge in [0.2, 0.25) is 5.95 Å². The lowest BCUT2D eigenvalue weighted by Crippen LogP contribution is -2.08. The number of fused-ring (bicyclic) bond motifs is 1. The zero-order valence-electron chi connectivity index (χ0n) is 11.6. The van der Waals surface area contributed by atoms with E-state index in [9.17, 15) is 0 Å². The molecule has 2 heterocycles. The third kappa shape index (κ3) is 2.50. The summed E-state index contributed by atoms with van der Waals surface area (Å²) in [6.45, 7) is 0.539. The van der Waals surface area contributed by atoms with E-state index in [-0.39, 0.29) is 5.95 Å². The second kappa shape index (κ2) is 5.37. The molecular weight excluding hydrogens is 268 g/mol. The van der Waals surface area contributed by atoms with Crippen LogP contribution >= 0.6 is 0 Å². The molecule has 3 aromatic rings. The fourth-order valence-corrected chi connectivity index (χ4v) is 2.34. The van der Waals surface area contributed by atoms with Crippen molar-refractivity contribution in [3.8, 4) is 11.1 Å². The summed E-state index contributed by atoms with van der Waals surface area (Å²) in [5.74, 6) is 0.545. The number of methoxy groups -OCH3 is 1. The first-order chi connectivity index (χ1) is 10.2. The topological polar surface area (TPSA) is 116 Å². The van der Waals surface area contributed by atoms with Crippen molar-refractivity contribution in [2.24, 2.45) is 0 Å². The summed E-state index contributed by atoms with van der Waals surface area (Å²) < 4.78 is 5.12. The van der Waals surface area contributed by atoms with Crippen molar-refractivity contribution in [1.82, 2.24) is 20.2 Å². The summed E-state index contributed by atoms with van der Waals surface area (Å²) in [6.07, 6.45) is 2.38. The maximum atomic E-state index is 6.05. The smallest absolute Gasteiger partial charge is 0.222 e. The van der Waals surface area contributed by atoms with Crippen LogP contribution in [0.15, 0.2) is 24.4 Å². The first kappa shape index (κ1) is 13.3. The Morgan fingerprint density at radius 3 is 2.90 bits per heavy atom. The Balaban J connectivity index is 2.14. The van der Waals surface area contributed by atoms with E-state index in [0.717, 1.165) is 27.7 Å². The van der Waals surface area contributed by atoms with Gasteiger partial charge in [-0.25, -0.2) is 4.98 Å². The second-order valence-electron chi connectivity index (χ2n) is 4.70. The number of hydrogen-bond acceptors (Lipinski definition) is 6. The number of H-pyrrole nitrogens is 1. The van der Waals surface area contributed by atoms with Crippen LogP contribution in [0.5, 0.6) is 0 Å². The Bertz CT molecular complexity index is 782. The van der Waals surface area contributed by atoms with E-state index in [1.807, 2.05) is 18.2 Å². The molecule has 0 fully saturated rings. The van der Waals surface area contributed by atoms with Crippen LogP contribution in [-0.2, 0) is 11.2 Å². The number of rotatable bonds is 4. The first-order valence-corrected chi connectivity index (χ1v) is 6.53. The molecule has 0 bridgehead atoms. The molecule has 0 radical (unpaired) electrons. The second-order valence-corrected chi connectivity index (χ2v) is 4.70.